The first-order chi connectivity index (χ1) is 9.22. The molecule has 19 heavy (non-hydrogen) atoms. The molecule has 2 nitrogen and oxygen atoms in total. The van der Waals surface area contributed by atoms with E-state index >= 15 is 0 Å². The maximum Gasteiger partial charge on any atom is 0.0738 e. The van der Waals surface area contributed by atoms with Gasteiger partial charge >= 0.3 is 0 Å². The molecule has 0 atom stereocenters. The Bertz CT molecular complexity index is 545. The molecule has 1 heterocycles. The molecule has 0 radical (unpaired) electrons. The van der Waals surface area contributed by atoms with Crippen LogP contribution in [0.15, 0.2) is 36.9 Å². The normalized spacial score (nSPS) is 11.3. The van der Waals surface area contributed by atoms with Crippen LogP contribution in [-0.4, -0.2) is 12.6 Å². The molecular weight excluding hydrogens is 254 g/mol. The summed E-state index contributed by atoms with van der Waals surface area (Å²) >= 11 is 1.86. The maximum atomic E-state index is 5.64. The van der Waals surface area contributed by atoms with E-state index < -0.39 is 0 Å². The van der Waals surface area contributed by atoms with E-state index in [1.807, 2.05) is 11.3 Å². The third-order valence-electron chi connectivity index (χ3n) is 2.93. The molecule has 102 valence electrons. The van der Waals surface area contributed by atoms with Gasteiger partial charge in [0.05, 0.1) is 13.2 Å². The van der Waals surface area contributed by atoms with E-state index in [1.165, 1.54) is 20.5 Å². The molecule has 1 N–H and O–H groups in total. The molecule has 0 unspecified atom stereocenters. The van der Waals surface area contributed by atoms with Crippen molar-refractivity contribution in [1.82, 2.24) is 5.32 Å². The topological polar surface area (TPSA) is 21.3 Å². The Kier molecular flexibility index (Phi) is 5.14. The van der Waals surface area contributed by atoms with Crippen LogP contribution in [0.25, 0.3) is 10.1 Å². The lowest BCUT2D eigenvalue weighted by atomic mass is 10.1. The summed E-state index contributed by atoms with van der Waals surface area (Å²) in [5.74, 6) is 0. The predicted octanol–water partition coefficient (Wildman–Crippen LogP) is 4.10. The number of thiophene rings is 1. The third kappa shape index (κ3) is 3.66. The van der Waals surface area contributed by atoms with Crippen molar-refractivity contribution in [2.75, 3.05) is 6.61 Å². The van der Waals surface area contributed by atoms with Crippen LogP contribution < -0.4 is 5.32 Å². The summed E-state index contributed by atoms with van der Waals surface area (Å²) in [6.07, 6.45) is 1.79. The molecule has 1 aromatic heterocycles. The Labute approximate surface area is 119 Å². The van der Waals surface area contributed by atoms with E-state index in [9.17, 15) is 0 Å². The summed E-state index contributed by atoms with van der Waals surface area (Å²) in [5, 5.41) is 4.81. The minimum Gasteiger partial charge on any atom is -0.373 e. The van der Waals surface area contributed by atoms with Crippen molar-refractivity contribution >= 4 is 21.4 Å². The molecule has 0 aliphatic carbocycles. The first-order valence-corrected chi connectivity index (χ1v) is 7.45. The van der Waals surface area contributed by atoms with Crippen molar-refractivity contribution < 1.29 is 4.74 Å². The molecule has 0 saturated carbocycles. The van der Waals surface area contributed by atoms with Gasteiger partial charge in [0.1, 0.15) is 0 Å². The lowest BCUT2D eigenvalue weighted by molar-refractivity contribution is 0.149. The monoisotopic (exact) mass is 275 g/mol. The molecule has 0 fully saturated rings. The zero-order valence-corrected chi connectivity index (χ0v) is 12.4. The van der Waals surface area contributed by atoms with E-state index in [2.05, 4.69) is 50.0 Å². The van der Waals surface area contributed by atoms with Crippen LogP contribution in [0.4, 0.5) is 0 Å². The summed E-state index contributed by atoms with van der Waals surface area (Å²) in [5.41, 5.74) is 1.32. The van der Waals surface area contributed by atoms with E-state index in [-0.39, 0.29) is 0 Å². The summed E-state index contributed by atoms with van der Waals surface area (Å²) in [6, 6.07) is 9.03. The number of ether oxygens (including phenoxy) is 1. The van der Waals surface area contributed by atoms with Gasteiger partial charge in [-0.3, -0.25) is 0 Å². The van der Waals surface area contributed by atoms with Crippen LogP contribution in [0.1, 0.15) is 24.3 Å². The van der Waals surface area contributed by atoms with Gasteiger partial charge in [-0.05, 0) is 11.5 Å². The number of fused-ring (bicyclic) bond motifs is 1. The number of rotatable bonds is 7. The molecule has 0 aliphatic rings. The Balaban J connectivity index is 2.26. The van der Waals surface area contributed by atoms with E-state index in [0.717, 1.165) is 6.54 Å². The quantitative estimate of drug-likeness (QED) is 0.606. The SMILES string of the molecule is C=CCOCc1c(CNC(C)C)sc2ccccc12. The second-order valence-electron chi connectivity index (χ2n) is 4.84. The van der Waals surface area contributed by atoms with Crippen LogP contribution in [0.2, 0.25) is 0 Å². The largest absolute Gasteiger partial charge is 0.373 e. The molecule has 0 saturated heterocycles. The molecular formula is C16H21NOS. The highest BCUT2D eigenvalue weighted by molar-refractivity contribution is 7.19. The second-order valence-corrected chi connectivity index (χ2v) is 5.98. The Morgan fingerprint density at radius 2 is 2.16 bits per heavy atom. The number of hydrogen-bond donors (Lipinski definition) is 1. The molecule has 2 rings (SSSR count). The molecule has 2 aromatic rings. The van der Waals surface area contributed by atoms with Crippen molar-refractivity contribution in [3.05, 3.63) is 47.4 Å². The van der Waals surface area contributed by atoms with Crippen molar-refractivity contribution in [3.8, 4) is 0 Å². The molecule has 0 amide bonds. The molecule has 3 heteroatoms. The van der Waals surface area contributed by atoms with Crippen molar-refractivity contribution in [2.24, 2.45) is 0 Å². The first-order valence-electron chi connectivity index (χ1n) is 6.63. The van der Waals surface area contributed by atoms with Crippen LogP contribution >= 0.6 is 11.3 Å². The van der Waals surface area contributed by atoms with Gasteiger partial charge in [-0.2, -0.15) is 0 Å². The van der Waals surface area contributed by atoms with Crippen molar-refractivity contribution in [3.63, 3.8) is 0 Å². The smallest absolute Gasteiger partial charge is 0.0738 e. The number of benzene rings is 1. The predicted molar refractivity (Wildman–Crippen MR) is 83.7 cm³/mol. The standard InChI is InChI=1S/C16H21NOS/c1-4-9-18-11-14-13-7-5-6-8-15(13)19-16(14)10-17-12(2)3/h4-8,12,17H,1,9-11H2,2-3H3. The van der Waals surface area contributed by atoms with Gasteiger partial charge in [-0.15, -0.1) is 17.9 Å². The van der Waals surface area contributed by atoms with Crippen LogP contribution in [0, 0.1) is 0 Å². The minimum atomic E-state index is 0.493. The Morgan fingerprint density at radius 1 is 1.37 bits per heavy atom. The molecule has 0 spiro atoms. The summed E-state index contributed by atoms with van der Waals surface area (Å²) in [6.45, 7) is 10.2. The van der Waals surface area contributed by atoms with Gasteiger partial charge < -0.3 is 10.1 Å². The van der Waals surface area contributed by atoms with Crippen LogP contribution in [0.5, 0.6) is 0 Å². The zero-order chi connectivity index (χ0) is 13.7. The summed E-state index contributed by atoms with van der Waals surface area (Å²) < 4.78 is 6.98. The fourth-order valence-electron chi connectivity index (χ4n) is 1.99. The zero-order valence-electron chi connectivity index (χ0n) is 11.6. The highest BCUT2D eigenvalue weighted by atomic mass is 32.1. The highest BCUT2D eigenvalue weighted by Crippen LogP contribution is 2.31. The van der Waals surface area contributed by atoms with Crippen molar-refractivity contribution in [2.45, 2.75) is 33.0 Å². The average molecular weight is 275 g/mol. The van der Waals surface area contributed by atoms with Gasteiger partial charge in [-0.1, -0.05) is 38.1 Å². The van der Waals surface area contributed by atoms with E-state index in [1.54, 1.807) is 6.08 Å². The fraction of sp³-hybridized carbons (Fsp3) is 0.375. The van der Waals surface area contributed by atoms with Crippen LogP contribution in [0.3, 0.4) is 0 Å². The maximum absolute atomic E-state index is 5.64. The summed E-state index contributed by atoms with van der Waals surface area (Å²) in [4.78, 5) is 1.37. The van der Waals surface area contributed by atoms with Gasteiger partial charge in [0.25, 0.3) is 0 Å². The highest BCUT2D eigenvalue weighted by Gasteiger charge is 2.11. The second kappa shape index (κ2) is 6.85. The van der Waals surface area contributed by atoms with Gasteiger partial charge in [-0.25, -0.2) is 0 Å². The van der Waals surface area contributed by atoms with E-state index in [0.29, 0.717) is 19.3 Å². The van der Waals surface area contributed by atoms with Gasteiger partial charge in [0.15, 0.2) is 0 Å². The van der Waals surface area contributed by atoms with Gasteiger partial charge in [0, 0.05) is 27.7 Å². The Morgan fingerprint density at radius 3 is 2.89 bits per heavy atom. The summed E-state index contributed by atoms with van der Waals surface area (Å²) in [7, 11) is 0. The Hall–Kier alpha value is -1.16. The minimum absolute atomic E-state index is 0.493. The molecule has 0 aliphatic heterocycles. The average Bonchev–Trinajstić information content (AvgIpc) is 2.75. The van der Waals surface area contributed by atoms with Crippen molar-refractivity contribution in [1.29, 1.82) is 0 Å². The van der Waals surface area contributed by atoms with E-state index in [4.69, 9.17) is 4.74 Å². The van der Waals surface area contributed by atoms with Gasteiger partial charge in [0.2, 0.25) is 0 Å². The first kappa shape index (κ1) is 14.3. The third-order valence-corrected chi connectivity index (χ3v) is 4.15. The number of nitrogens with one attached hydrogen (secondary N) is 1. The van der Waals surface area contributed by atoms with Crippen LogP contribution in [-0.2, 0) is 17.9 Å². The fourth-order valence-corrected chi connectivity index (χ4v) is 3.15. The lowest BCUT2D eigenvalue weighted by Crippen LogP contribution is -2.21. The number of hydrogen-bond acceptors (Lipinski definition) is 3. The molecule has 0 bridgehead atoms. The molecule has 1 aromatic carbocycles. The lowest BCUT2D eigenvalue weighted by Gasteiger charge is -2.09.